The Bertz CT molecular complexity index is 769. The Balaban J connectivity index is 2.09. The predicted octanol–water partition coefficient (Wildman–Crippen LogP) is -1.59. The summed E-state index contributed by atoms with van der Waals surface area (Å²) in [4.78, 5) is 11.3. The first-order valence-electron chi connectivity index (χ1n) is 6.96. The first-order valence-corrected chi connectivity index (χ1v) is 6.96. The van der Waals surface area contributed by atoms with Gasteiger partial charge in [0, 0.05) is 17.0 Å². The molecule has 0 spiro atoms. The first kappa shape index (κ1) is 16.1. The van der Waals surface area contributed by atoms with E-state index >= 15 is 0 Å². The maximum atomic E-state index is 11.3. The lowest BCUT2D eigenvalue weighted by Gasteiger charge is -2.45. The van der Waals surface area contributed by atoms with Gasteiger partial charge < -0.3 is 34.7 Å². The molecular formula is C15H16O8. The quantitative estimate of drug-likeness (QED) is 0.417. The Kier molecular flexibility index (Phi) is 3.96. The van der Waals surface area contributed by atoms with E-state index in [1.807, 2.05) is 0 Å². The number of rotatable bonds is 2. The van der Waals surface area contributed by atoms with Gasteiger partial charge in [0.25, 0.3) is 0 Å². The summed E-state index contributed by atoms with van der Waals surface area (Å²) in [6.45, 7) is -0.671. The average Bonchev–Trinajstić information content (AvgIpc) is 2.55. The summed E-state index contributed by atoms with van der Waals surface area (Å²) in [7, 11) is 0. The van der Waals surface area contributed by atoms with Crippen molar-refractivity contribution in [2.45, 2.75) is 30.2 Å². The summed E-state index contributed by atoms with van der Waals surface area (Å²) in [5.41, 5.74) is -0.424. The summed E-state index contributed by atoms with van der Waals surface area (Å²) in [5, 5.41) is 50.2. The van der Waals surface area contributed by atoms with Crippen molar-refractivity contribution in [1.29, 1.82) is 0 Å². The summed E-state index contributed by atoms with van der Waals surface area (Å²) < 4.78 is 10.2. The number of benzene rings is 1. The Morgan fingerprint density at radius 3 is 2.48 bits per heavy atom. The smallest absolute Gasteiger partial charge is 0.336 e. The monoisotopic (exact) mass is 324 g/mol. The zero-order valence-corrected chi connectivity index (χ0v) is 11.9. The van der Waals surface area contributed by atoms with Crippen LogP contribution in [0.15, 0.2) is 39.5 Å². The van der Waals surface area contributed by atoms with E-state index in [0.29, 0.717) is 5.39 Å². The van der Waals surface area contributed by atoms with E-state index in [1.54, 1.807) is 0 Å². The highest BCUT2D eigenvalue weighted by atomic mass is 16.7. The van der Waals surface area contributed by atoms with Gasteiger partial charge in [0.15, 0.2) is 0 Å². The fraction of sp³-hybridized carbons (Fsp3) is 0.400. The lowest BCUT2D eigenvalue weighted by molar-refractivity contribution is -0.357. The van der Waals surface area contributed by atoms with Gasteiger partial charge >= 0.3 is 5.63 Å². The molecule has 0 amide bonds. The second-order valence-electron chi connectivity index (χ2n) is 5.47. The molecule has 1 aromatic heterocycles. The van der Waals surface area contributed by atoms with Gasteiger partial charge in [-0.2, -0.15) is 0 Å². The zero-order valence-electron chi connectivity index (χ0n) is 11.9. The molecule has 5 atom stereocenters. The van der Waals surface area contributed by atoms with Gasteiger partial charge in [-0.1, -0.05) is 12.1 Å². The van der Waals surface area contributed by atoms with Crippen molar-refractivity contribution in [3.63, 3.8) is 0 Å². The van der Waals surface area contributed by atoms with E-state index in [1.165, 1.54) is 30.3 Å². The highest BCUT2D eigenvalue weighted by molar-refractivity contribution is 5.77. The molecule has 3 rings (SSSR count). The Morgan fingerprint density at radius 2 is 1.78 bits per heavy atom. The molecular weight excluding hydrogens is 308 g/mol. The van der Waals surface area contributed by atoms with Crippen LogP contribution in [0.5, 0.6) is 0 Å². The third kappa shape index (κ3) is 2.55. The van der Waals surface area contributed by atoms with Gasteiger partial charge in [-0.15, -0.1) is 0 Å². The van der Waals surface area contributed by atoms with E-state index in [0.717, 1.165) is 0 Å². The highest BCUT2D eigenvalue weighted by Crippen LogP contribution is 2.37. The molecule has 2 aromatic rings. The minimum absolute atomic E-state index is 0.0104. The highest BCUT2D eigenvalue weighted by Gasteiger charge is 2.53. The molecule has 0 aliphatic carbocycles. The van der Waals surface area contributed by atoms with Crippen LogP contribution >= 0.6 is 0 Å². The molecule has 0 radical (unpaired) electrons. The molecule has 23 heavy (non-hydrogen) atoms. The molecule has 5 N–H and O–H groups in total. The number of ether oxygens (including phenoxy) is 1. The molecule has 124 valence electrons. The van der Waals surface area contributed by atoms with Crippen molar-refractivity contribution in [3.8, 4) is 0 Å². The molecule has 1 saturated heterocycles. The number of hydrogen-bond donors (Lipinski definition) is 5. The van der Waals surface area contributed by atoms with Crippen LogP contribution in [-0.2, 0) is 10.5 Å². The number of hydrogen-bond acceptors (Lipinski definition) is 8. The minimum Gasteiger partial charge on any atom is -0.423 e. The normalized spacial score (nSPS) is 34.7. The number of aliphatic hydroxyl groups is 5. The Morgan fingerprint density at radius 1 is 1.09 bits per heavy atom. The molecule has 8 heteroatoms. The molecule has 1 aliphatic heterocycles. The van der Waals surface area contributed by atoms with E-state index in [9.17, 15) is 30.3 Å². The van der Waals surface area contributed by atoms with Crippen molar-refractivity contribution in [1.82, 2.24) is 0 Å². The maximum Gasteiger partial charge on any atom is 0.336 e. The summed E-state index contributed by atoms with van der Waals surface area (Å²) in [6.07, 6.45) is -6.46. The molecule has 1 fully saturated rings. The molecule has 8 nitrogen and oxygen atoms in total. The summed E-state index contributed by atoms with van der Waals surface area (Å²) in [6, 6.07) is 7.02. The fourth-order valence-corrected chi connectivity index (χ4v) is 2.68. The lowest BCUT2D eigenvalue weighted by atomic mass is 9.88. The second-order valence-corrected chi connectivity index (χ2v) is 5.47. The van der Waals surface area contributed by atoms with Gasteiger partial charge in [0.05, 0.1) is 6.61 Å². The van der Waals surface area contributed by atoms with Crippen LogP contribution in [-0.4, -0.2) is 56.6 Å². The summed E-state index contributed by atoms with van der Waals surface area (Å²) in [5.74, 6) is -2.38. The lowest BCUT2D eigenvalue weighted by Crippen LogP contribution is -2.63. The van der Waals surface area contributed by atoms with Crippen LogP contribution in [0.1, 0.15) is 5.56 Å². The summed E-state index contributed by atoms with van der Waals surface area (Å²) >= 11 is 0. The van der Waals surface area contributed by atoms with E-state index < -0.39 is 42.4 Å². The van der Waals surface area contributed by atoms with Crippen molar-refractivity contribution < 1.29 is 34.7 Å². The van der Waals surface area contributed by atoms with Crippen LogP contribution in [0.3, 0.4) is 0 Å². The van der Waals surface area contributed by atoms with Crippen molar-refractivity contribution >= 4 is 11.0 Å². The van der Waals surface area contributed by atoms with Crippen LogP contribution in [0, 0.1) is 0 Å². The molecule has 0 saturated carbocycles. The third-order valence-electron chi connectivity index (χ3n) is 4.00. The third-order valence-corrected chi connectivity index (χ3v) is 4.00. The van der Waals surface area contributed by atoms with Crippen LogP contribution in [0.2, 0.25) is 0 Å². The largest absolute Gasteiger partial charge is 0.423 e. The first-order chi connectivity index (χ1) is 10.9. The second kappa shape index (κ2) is 5.68. The van der Waals surface area contributed by atoms with Crippen molar-refractivity contribution in [3.05, 3.63) is 46.3 Å². The maximum absolute atomic E-state index is 11.3. The average molecular weight is 324 g/mol. The van der Waals surface area contributed by atoms with Gasteiger partial charge in [0.2, 0.25) is 5.79 Å². The SMILES string of the molecule is O=c1ccc2ccc([C@@]3(O)O[C@H](CO)[C@H](O)[C@H](O)[C@H]3O)cc2o1. The van der Waals surface area contributed by atoms with Crippen LogP contribution in [0.25, 0.3) is 11.0 Å². The topological polar surface area (TPSA) is 141 Å². The molecule has 0 bridgehead atoms. The van der Waals surface area contributed by atoms with E-state index in [-0.39, 0.29) is 11.1 Å². The van der Waals surface area contributed by atoms with E-state index in [2.05, 4.69) is 0 Å². The van der Waals surface area contributed by atoms with E-state index in [4.69, 9.17) is 9.15 Å². The van der Waals surface area contributed by atoms with Crippen LogP contribution in [0.4, 0.5) is 0 Å². The Hall–Kier alpha value is -1.81. The minimum atomic E-state index is -2.38. The van der Waals surface area contributed by atoms with Crippen molar-refractivity contribution in [2.75, 3.05) is 6.61 Å². The molecule has 0 unspecified atom stereocenters. The van der Waals surface area contributed by atoms with Gasteiger partial charge in [0.1, 0.15) is 30.0 Å². The standard InChI is InChI=1S/C15H16O8/c16-6-10-12(18)13(19)14(20)15(21,23-10)8-3-1-7-2-4-11(17)22-9(7)5-8/h1-5,10,12-14,16,18-21H,6H2/t10-,12+,13+,14-,15-/m1/s1. The van der Waals surface area contributed by atoms with Crippen LogP contribution < -0.4 is 5.63 Å². The number of aliphatic hydroxyl groups excluding tert-OH is 4. The van der Waals surface area contributed by atoms with Gasteiger partial charge in [-0.25, -0.2) is 4.79 Å². The molecule has 1 aromatic carbocycles. The molecule has 2 heterocycles. The Labute approximate surface area is 129 Å². The predicted molar refractivity (Wildman–Crippen MR) is 76.4 cm³/mol. The number of fused-ring (bicyclic) bond motifs is 1. The molecule has 1 aliphatic rings. The fourth-order valence-electron chi connectivity index (χ4n) is 2.68. The van der Waals surface area contributed by atoms with Gasteiger partial charge in [-0.3, -0.25) is 0 Å². The zero-order chi connectivity index (χ0) is 16.8. The van der Waals surface area contributed by atoms with Crippen molar-refractivity contribution in [2.24, 2.45) is 0 Å². The van der Waals surface area contributed by atoms with Gasteiger partial charge in [-0.05, 0) is 12.1 Å².